The van der Waals surface area contributed by atoms with Crippen molar-refractivity contribution in [3.8, 4) is 0 Å². The van der Waals surface area contributed by atoms with Gasteiger partial charge in [0.1, 0.15) is 4.83 Å². The zero-order valence-corrected chi connectivity index (χ0v) is 13.6. The summed E-state index contributed by atoms with van der Waals surface area (Å²) in [6.07, 6.45) is 6.06. The maximum atomic E-state index is 12.3. The number of hydrogen-bond donors (Lipinski definition) is 4. The number of aromatic amines is 1. The van der Waals surface area contributed by atoms with Gasteiger partial charge in [0.25, 0.3) is 5.56 Å². The van der Waals surface area contributed by atoms with Crippen LogP contribution < -0.4 is 21.7 Å². The van der Waals surface area contributed by atoms with E-state index in [4.69, 9.17) is 12.2 Å². The minimum atomic E-state index is -0.0985. The van der Waals surface area contributed by atoms with Gasteiger partial charge >= 0.3 is 0 Å². The van der Waals surface area contributed by atoms with Gasteiger partial charge in [0, 0.05) is 11.4 Å². The third kappa shape index (κ3) is 2.97. The van der Waals surface area contributed by atoms with Gasteiger partial charge in [-0.2, -0.15) is 0 Å². The third-order valence-corrected chi connectivity index (χ3v) is 4.96. The van der Waals surface area contributed by atoms with Crippen LogP contribution in [-0.4, -0.2) is 21.6 Å². The molecule has 4 N–H and O–H groups in total. The van der Waals surface area contributed by atoms with Crippen molar-refractivity contribution in [2.45, 2.75) is 25.7 Å². The zero-order chi connectivity index (χ0) is 15.5. The molecule has 0 radical (unpaired) electrons. The van der Waals surface area contributed by atoms with Crippen molar-refractivity contribution in [3.63, 3.8) is 0 Å². The summed E-state index contributed by atoms with van der Waals surface area (Å²) in [6.45, 7) is 4.16. The number of hydrogen-bond acceptors (Lipinski definition) is 5. The Hall–Kier alpha value is -1.93. The topological polar surface area (TPSA) is 81.8 Å². The van der Waals surface area contributed by atoms with Gasteiger partial charge in [0.05, 0.1) is 5.39 Å². The summed E-state index contributed by atoms with van der Waals surface area (Å²) in [5.41, 5.74) is 6.69. The van der Waals surface area contributed by atoms with Crippen LogP contribution >= 0.6 is 23.6 Å². The highest BCUT2D eigenvalue weighted by Gasteiger charge is 2.19. The predicted octanol–water partition coefficient (Wildman–Crippen LogP) is 1.84. The van der Waals surface area contributed by atoms with Gasteiger partial charge in [-0.15, -0.1) is 17.9 Å². The number of fused-ring (bicyclic) bond motifs is 3. The molecule has 0 fully saturated rings. The van der Waals surface area contributed by atoms with Crippen molar-refractivity contribution in [2.24, 2.45) is 0 Å². The molecule has 8 heteroatoms. The van der Waals surface area contributed by atoms with E-state index in [1.165, 1.54) is 16.9 Å². The van der Waals surface area contributed by atoms with Crippen LogP contribution in [0, 0.1) is 0 Å². The highest BCUT2D eigenvalue weighted by Crippen LogP contribution is 2.33. The molecule has 0 atom stereocenters. The van der Waals surface area contributed by atoms with Crippen LogP contribution in [0.25, 0.3) is 10.2 Å². The number of nitrogens with zero attached hydrogens (tertiary/aromatic N) is 1. The van der Waals surface area contributed by atoms with E-state index in [0.717, 1.165) is 29.5 Å². The highest BCUT2D eigenvalue weighted by molar-refractivity contribution is 7.80. The smallest absolute Gasteiger partial charge is 0.261 e. The first-order chi connectivity index (χ1) is 10.7. The summed E-state index contributed by atoms with van der Waals surface area (Å²) in [7, 11) is 0. The molecular formula is C14H17N5OS2. The Morgan fingerprint density at radius 2 is 2.27 bits per heavy atom. The van der Waals surface area contributed by atoms with Crippen molar-refractivity contribution in [3.05, 3.63) is 33.4 Å². The second kappa shape index (κ2) is 6.45. The lowest BCUT2D eigenvalue weighted by Gasteiger charge is -2.11. The molecule has 6 nitrogen and oxygen atoms in total. The maximum Gasteiger partial charge on any atom is 0.261 e. The lowest BCUT2D eigenvalue weighted by Crippen LogP contribution is -2.39. The number of rotatable bonds is 4. The summed E-state index contributed by atoms with van der Waals surface area (Å²) in [4.78, 5) is 21.6. The lowest BCUT2D eigenvalue weighted by atomic mass is 9.97. The number of thiophene rings is 1. The average Bonchev–Trinajstić information content (AvgIpc) is 2.89. The van der Waals surface area contributed by atoms with E-state index in [1.54, 1.807) is 17.4 Å². The molecule has 2 aromatic rings. The summed E-state index contributed by atoms with van der Waals surface area (Å²) >= 11 is 6.68. The first-order valence-electron chi connectivity index (χ1n) is 7.14. The fourth-order valence-corrected chi connectivity index (χ4v) is 3.94. The first-order valence-corrected chi connectivity index (χ1v) is 8.37. The first kappa shape index (κ1) is 15.0. The van der Waals surface area contributed by atoms with Gasteiger partial charge in [-0.05, 0) is 43.5 Å². The van der Waals surface area contributed by atoms with Crippen LogP contribution in [0.1, 0.15) is 23.3 Å². The molecule has 0 aliphatic heterocycles. The highest BCUT2D eigenvalue weighted by atomic mass is 32.1. The van der Waals surface area contributed by atoms with Crippen molar-refractivity contribution >= 4 is 44.8 Å². The van der Waals surface area contributed by atoms with E-state index in [0.29, 0.717) is 17.6 Å². The van der Waals surface area contributed by atoms with Crippen LogP contribution in [0.2, 0.25) is 0 Å². The fraction of sp³-hybridized carbons (Fsp3) is 0.357. The molecule has 22 heavy (non-hydrogen) atoms. The van der Waals surface area contributed by atoms with Gasteiger partial charge < -0.3 is 5.32 Å². The van der Waals surface area contributed by atoms with E-state index >= 15 is 0 Å². The Morgan fingerprint density at radius 3 is 3.09 bits per heavy atom. The number of H-pyrrole nitrogens is 1. The largest absolute Gasteiger partial charge is 0.358 e. The van der Waals surface area contributed by atoms with E-state index in [-0.39, 0.29) is 5.56 Å². The average molecular weight is 335 g/mol. The molecule has 0 saturated carbocycles. The number of aromatic nitrogens is 2. The zero-order valence-electron chi connectivity index (χ0n) is 12.0. The van der Waals surface area contributed by atoms with Crippen molar-refractivity contribution < 1.29 is 0 Å². The molecule has 0 unspecified atom stereocenters. The molecule has 0 saturated heterocycles. The minimum absolute atomic E-state index is 0.0985. The number of thiocarbonyl (C=S) groups is 1. The molecule has 0 amide bonds. The number of aryl methyl sites for hydroxylation is 2. The summed E-state index contributed by atoms with van der Waals surface area (Å²) < 4.78 is 0. The molecule has 2 heterocycles. The standard InChI is InChI=1S/C14H17N5OS2/c1-2-7-15-14(21)19-18-13-16-11(20)10-8-5-3-4-6-9(8)22-12(10)17-13/h2H,1,3-7H2,(H2,15,19,21)(H2,16,17,18,20). The van der Waals surface area contributed by atoms with Gasteiger partial charge in [0.15, 0.2) is 5.11 Å². The molecule has 3 rings (SSSR count). The van der Waals surface area contributed by atoms with Crippen LogP contribution in [0.3, 0.4) is 0 Å². The van der Waals surface area contributed by atoms with Crippen LogP contribution in [0.5, 0.6) is 0 Å². The SMILES string of the molecule is C=CCNC(=S)NNc1nc2sc3c(c2c(=O)[nH]1)CCCC3. The molecule has 116 valence electrons. The molecule has 1 aliphatic rings. The Kier molecular flexibility index (Phi) is 4.39. The monoisotopic (exact) mass is 335 g/mol. The van der Waals surface area contributed by atoms with Gasteiger partial charge in [-0.1, -0.05) is 6.08 Å². The molecule has 0 spiro atoms. The molecule has 0 bridgehead atoms. The Morgan fingerprint density at radius 1 is 1.45 bits per heavy atom. The van der Waals surface area contributed by atoms with Crippen LogP contribution in [0.15, 0.2) is 17.4 Å². The number of anilines is 1. The van der Waals surface area contributed by atoms with Gasteiger partial charge in [0.2, 0.25) is 5.95 Å². The summed E-state index contributed by atoms with van der Waals surface area (Å²) in [5.74, 6) is 0.360. The predicted molar refractivity (Wildman–Crippen MR) is 94.4 cm³/mol. The van der Waals surface area contributed by atoms with Gasteiger partial charge in [-0.3, -0.25) is 20.6 Å². The fourth-order valence-electron chi connectivity index (χ4n) is 2.55. The third-order valence-electron chi connectivity index (χ3n) is 3.53. The maximum absolute atomic E-state index is 12.3. The van der Waals surface area contributed by atoms with Crippen molar-refractivity contribution in [1.29, 1.82) is 0 Å². The van der Waals surface area contributed by atoms with E-state index < -0.39 is 0 Å². The van der Waals surface area contributed by atoms with Crippen molar-refractivity contribution in [2.75, 3.05) is 12.0 Å². The van der Waals surface area contributed by atoms with Crippen molar-refractivity contribution in [1.82, 2.24) is 20.7 Å². The number of nitrogens with one attached hydrogen (secondary N) is 4. The summed E-state index contributed by atoms with van der Waals surface area (Å²) in [6, 6.07) is 0. The van der Waals surface area contributed by atoms with E-state index in [9.17, 15) is 4.79 Å². The van der Waals surface area contributed by atoms with E-state index in [2.05, 4.69) is 32.7 Å². The second-order valence-electron chi connectivity index (χ2n) is 5.05. The Balaban J connectivity index is 1.82. The molecule has 2 aromatic heterocycles. The summed E-state index contributed by atoms with van der Waals surface area (Å²) in [5, 5.41) is 4.07. The number of hydrazine groups is 1. The van der Waals surface area contributed by atoms with Crippen LogP contribution in [0.4, 0.5) is 5.95 Å². The quantitative estimate of drug-likeness (QED) is 0.388. The molecule has 1 aliphatic carbocycles. The Labute approximate surface area is 137 Å². The minimum Gasteiger partial charge on any atom is -0.358 e. The molecule has 0 aromatic carbocycles. The van der Waals surface area contributed by atoms with E-state index in [1.807, 2.05) is 0 Å². The lowest BCUT2D eigenvalue weighted by molar-refractivity contribution is 0.700. The van der Waals surface area contributed by atoms with Gasteiger partial charge in [-0.25, -0.2) is 4.98 Å². The molecular weight excluding hydrogens is 318 g/mol. The normalized spacial score (nSPS) is 13.5. The van der Waals surface area contributed by atoms with Crippen LogP contribution in [-0.2, 0) is 12.8 Å². The second-order valence-corrected chi connectivity index (χ2v) is 6.55. The Bertz CT molecular complexity index is 779.